The SMILES string of the molecule is [2H]/C(=N\Oc1cc(O/[15N]=C(\[2H])c2cccc([11B](O)O)c2)ccc1CN1CCCCC1)c1cccc([11B](O)O)c1. The minimum atomic E-state index is -1.66. The average Bonchev–Trinajstić information content (AvgIpc) is 2.96. The van der Waals surface area contributed by atoms with E-state index in [1.807, 2.05) is 6.07 Å². The molecule has 1 saturated heterocycles. The van der Waals surface area contributed by atoms with Gasteiger partial charge in [-0.25, -0.2) is 0 Å². The number of rotatable bonds is 10. The Labute approximate surface area is 219 Å². The number of benzene rings is 3. The maximum Gasteiger partial charge on any atom is 0.488 e. The lowest BCUT2D eigenvalue weighted by Crippen LogP contribution is -2.29. The zero-order valence-corrected chi connectivity index (χ0v) is 20.2. The smallest absolute Gasteiger partial charge is 0.423 e. The third-order valence-electron chi connectivity index (χ3n) is 5.90. The molecule has 37 heavy (non-hydrogen) atoms. The van der Waals surface area contributed by atoms with Crippen LogP contribution >= 0.6 is 0 Å². The molecule has 0 aromatic heterocycles. The van der Waals surface area contributed by atoms with E-state index in [0.717, 1.165) is 31.5 Å². The van der Waals surface area contributed by atoms with Crippen LogP contribution in [0.1, 0.15) is 38.7 Å². The van der Waals surface area contributed by atoms with Gasteiger partial charge in [-0.15, -0.1) is 0 Å². The molecule has 190 valence electrons. The molecule has 1 aliphatic heterocycles. The van der Waals surface area contributed by atoms with Crippen LogP contribution in [0.15, 0.2) is 77.0 Å². The topological polar surface area (TPSA) is 127 Å². The summed E-state index contributed by atoms with van der Waals surface area (Å²) in [6.07, 6.45) is 3.03. The third kappa shape index (κ3) is 8.01. The Balaban J connectivity index is 1.56. The quantitative estimate of drug-likeness (QED) is 0.140. The molecule has 0 spiro atoms. The highest BCUT2D eigenvalue weighted by molar-refractivity contribution is 6.59. The largest absolute Gasteiger partial charge is 0.488 e. The van der Waals surface area contributed by atoms with Gasteiger partial charge in [-0.05, 0) is 54.1 Å². The molecule has 11 heteroatoms. The lowest BCUT2D eigenvalue weighted by Gasteiger charge is -2.26. The summed E-state index contributed by atoms with van der Waals surface area (Å²) in [7, 11) is -3.33. The number of oxime groups is 2. The minimum absolute atomic E-state index is 0.204. The summed E-state index contributed by atoms with van der Waals surface area (Å²) in [5.41, 5.74) is 1.99. The Hall–Kier alpha value is -3.47. The first-order valence-corrected chi connectivity index (χ1v) is 12.0. The Morgan fingerprint density at radius 2 is 1.38 bits per heavy atom. The minimum Gasteiger partial charge on any atom is -0.423 e. The van der Waals surface area contributed by atoms with E-state index in [1.54, 1.807) is 36.4 Å². The second-order valence-electron chi connectivity index (χ2n) is 8.69. The molecule has 4 rings (SSSR count). The van der Waals surface area contributed by atoms with Gasteiger partial charge in [-0.1, -0.05) is 71.3 Å². The number of nitrogens with zero attached hydrogens (tertiary/aromatic N) is 3. The van der Waals surface area contributed by atoms with Crippen molar-refractivity contribution in [1.29, 1.82) is 0 Å². The Morgan fingerprint density at radius 3 is 1.97 bits per heavy atom. The van der Waals surface area contributed by atoms with Crippen molar-refractivity contribution in [2.24, 2.45) is 10.3 Å². The molecule has 9 nitrogen and oxygen atoms in total. The molecule has 0 amide bonds. The van der Waals surface area contributed by atoms with E-state index in [1.165, 1.54) is 30.7 Å². The van der Waals surface area contributed by atoms with Crippen molar-refractivity contribution >= 4 is 37.5 Å². The molecule has 0 unspecified atom stereocenters. The fourth-order valence-electron chi connectivity index (χ4n) is 3.96. The zero-order valence-electron chi connectivity index (χ0n) is 22.2. The number of hydrogen-bond acceptors (Lipinski definition) is 9. The van der Waals surface area contributed by atoms with Gasteiger partial charge in [0.1, 0.15) is 0 Å². The summed E-state index contributed by atoms with van der Waals surface area (Å²) in [5, 5.41) is 45.4. The predicted molar refractivity (Wildman–Crippen MR) is 145 cm³/mol. The molecule has 0 aliphatic carbocycles. The van der Waals surface area contributed by atoms with Gasteiger partial charge in [-0.2, -0.15) is 0 Å². The van der Waals surface area contributed by atoms with Crippen LogP contribution in [0.2, 0.25) is 0 Å². The second-order valence-corrected chi connectivity index (χ2v) is 8.69. The van der Waals surface area contributed by atoms with Crippen molar-refractivity contribution in [2.45, 2.75) is 25.8 Å². The lowest BCUT2D eigenvalue weighted by molar-refractivity contribution is 0.216. The summed E-state index contributed by atoms with van der Waals surface area (Å²) in [6.45, 7) is 2.55. The van der Waals surface area contributed by atoms with E-state index in [2.05, 4.69) is 15.2 Å². The van der Waals surface area contributed by atoms with Crippen LogP contribution in [0.3, 0.4) is 0 Å². The molecule has 0 atom stereocenters. The van der Waals surface area contributed by atoms with Gasteiger partial charge in [0, 0.05) is 18.2 Å². The standard InChI is InChI=1S/C26H29B2N3O6/c32-27(33)23-8-4-6-20(14-23)17-29-36-25-11-10-22(19-31-12-2-1-3-13-31)26(16-25)37-30-18-21-7-5-9-24(15-21)28(34)35/h4-11,14-18,32-35H,1-3,12-13,19H2/b29-17+,30-18+/i17D,18D,27+0,28+0,29+1. The first-order valence-electron chi connectivity index (χ1n) is 13.0. The predicted octanol–water partition coefficient (Wildman–Crippen LogP) is 0.858. The van der Waals surface area contributed by atoms with E-state index in [-0.39, 0.29) is 29.1 Å². The number of likely N-dealkylation sites (tertiary alicyclic amines) is 1. The Kier molecular flexibility index (Phi) is 8.52. The summed E-state index contributed by atoms with van der Waals surface area (Å²) >= 11 is 0. The van der Waals surface area contributed by atoms with Crippen LogP contribution < -0.4 is 20.6 Å². The number of piperidine rings is 1. The molecule has 0 bridgehead atoms. The molecular formula is C26H29B2N3O6. The van der Waals surface area contributed by atoms with Gasteiger partial charge in [0.15, 0.2) is 11.5 Å². The normalized spacial score (nSPS) is 15.6. The van der Waals surface area contributed by atoms with Gasteiger partial charge >= 0.3 is 14.2 Å². The maximum atomic E-state index is 9.42. The zero-order chi connectivity index (χ0) is 27.8. The summed E-state index contributed by atoms with van der Waals surface area (Å²) in [6, 6.07) is 17.4. The van der Waals surface area contributed by atoms with Gasteiger partial charge in [0.05, 0.1) is 15.1 Å². The van der Waals surface area contributed by atoms with E-state index >= 15 is 0 Å². The second kappa shape index (κ2) is 13.2. The molecule has 1 fully saturated rings. The molecule has 3 aromatic carbocycles. The Bertz CT molecular complexity index is 1340. The van der Waals surface area contributed by atoms with Gasteiger partial charge in [0.25, 0.3) is 0 Å². The van der Waals surface area contributed by atoms with Crippen LogP contribution in [0.25, 0.3) is 0 Å². The summed E-state index contributed by atoms with van der Waals surface area (Å²) in [5.74, 6) is 0.635. The van der Waals surface area contributed by atoms with Crippen LogP contribution in [0, 0.1) is 0 Å². The van der Waals surface area contributed by atoms with Crippen molar-refractivity contribution in [3.8, 4) is 11.5 Å². The molecule has 1 aliphatic rings. The third-order valence-corrected chi connectivity index (χ3v) is 5.90. The fraction of sp³-hybridized carbons (Fsp3) is 0.231. The van der Waals surface area contributed by atoms with Crippen molar-refractivity contribution in [3.63, 3.8) is 0 Å². The average molecular weight is 505 g/mol. The molecular weight excluding hydrogens is 473 g/mol. The Morgan fingerprint density at radius 1 is 0.784 bits per heavy atom. The van der Waals surface area contributed by atoms with E-state index in [9.17, 15) is 20.1 Å². The van der Waals surface area contributed by atoms with Crippen LogP contribution in [0.5, 0.6) is 11.5 Å². The monoisotopic (exact) mass is 504 g/mol. The van der Waals surface area contributed by atoms with E-state index in [0.29, 0.717) is 23.4 Å². The molecule has 0 saturated carbocycles. The van der Waals surface area contributed by atoms with Crippen molar-refractivity contribution in [1.82, 2.24) is 4.90 Å². The van der Waals surface area contributed by atoms with Gasteiger partial charge < -0.3 is 29.8 Å². The van der Waals surface area contributed by atoms with Crippen LogP contribution in [0.4, 0.5) is 0 Å². The van der Waals surface area contributed by atoms with Crippen molar-refractivity contribution in [2.75, 3.05) is 13.1 Å². The summed E-state index contributed by atoms with van der Waals surface area (Å²) in [4.78, 5) is 13.5. The lowest BCUT2D eigenvalue weighted by atomic mass is 9.89. The van der Waals surface area contributed by atoms with Crippen molar-refractivity contribution < 1.29 is 32.5 Å². The first kappa shape index (κ1) is 23.9. The van der Waals surface area contributed by atoms with Crippen molar-refractivity contribution in [3.05, 3.63) is 83.4 Å². The van der Waals surface area contributed by atoms with Crippen LogP contribution in [-0.4, -0.2) is 64.7 Å². The van der Waals surface area contributed by atoms with Crippen LogP contribution in [-0.2, 0) is 6.54 Å². The van der Waals surface area contributed by atoms with E-state index in [4.69, 9.17) is 12.4 Å². The first-order chi connectivity index (χ1) is 18.8. The van der Waals surface area contributed by atoms with Gasteiger partial charge in [-0.3, -0.25) is 4.90 Å². The highest BCUT2D eigenvalue weighted by Gasteiger charge is 2.15. The van der Waals surface area contributed by atoms with Gasteiger partial charge in [0.2, 0.25) is 0 Å². The molecule has 0 radical (unpaired) electrons. The molecule has 3 aromatic rings. The number of hydrogen-bond donors (Lipinski definition) is 4. The fourth-order valence-corrected chi connectivity index (χ4v) is 3.96. The van der Waals surface area contributed by atoms with E-state index < -0.39 is 14.2 Å². The summed E-state index contributed by atoms with van der Waals surface area (Å²) < 4.78 is 16.5. The molecule has 4 N–H and O–H groups in total. The highest BCUT2D eigenvalue weighted by Crippen LogP contribution is 2.27. The highest BCUT2D eigenvalue weighted by atomic mass is 16.8. The maximum absolute atomic E-state index is 9.42. The molecule has 1 heterocycles.